The first kappa shape index (κ1) is 23.9. The van der Waals surface area contributed by atoms with E-state index in [4.69, 9.17) is 0 Å². The molecule has 2 amide bonds. The van der Waals surface area contributed by atoms with Crippen molar-refractivity contribution in [2.75, 3.05) is 26.2 Å². The molecule has 2 aliphatic heterocycles. The van der Waals surface area contributed by atoms with Crippen molar-refractivity contribution in [2.24, 2.45) is 0 Å². The van der Waals surface area contributed by atoms with Crippen LogP contribution in [0.2, 0.25) is 0 Å². The van der Waals surface area contributed by atoms with E-state index < -0.39 is 6.04 Å². The summed E-state index contributed by atoms with van der Waals surface area (Å²) >= 11 is 1.87. The Morgan fingerprint density at radius 1 is 0.838 bits per heavy atom. The molecule has 6 heteroatoms. The Morgan fingerprint density at radius 3 is 2.35 bits per heavy atom. The summed E-state index contributed by atoms with van der Waals surface area (Å²) in [5, 5.41) is 1.32. The molecule has 0 bridgehead atoms. The molecule has 0 aliphatic carbocycles. The topological polar surface area (TPSA) is 43.9 Å². The van der Waals surface area contributed by atoms with E-state index >= 15 is 0 Å². The van der Waals surface area contributed by atoms with Crippen molar-refractivity contribution in [1.82, 2.24) is 14.7 Å². The second-order valence-corrected chi connectivity index (χ2v) is 11.1. The number of carbonyl (C=O) groups excluding carboxylic acids is 2. The van der Waals surface area contributed by atoms with E-state index in [1.54, 1.807) is 9.80 Å². The molecule has 188 valence electrons. The highest BCUT2D eigenvalue weighted by molar-refractivity contribution is 7.19. The quantitative estimate of drug-likeness (QED) is 0.360. The minimum atomic E-state index is -0.409. The summed E-state index contributed by atoms with van der Waals surface area (Å²) in [6, 6.07) is 26.7. The van der Waals surface area contributed by atoms with Gasteiger partial charge in [-0.1, -0.05) is 79.7 Å². The lowest BCUT2D eigenvalue weighted by Gasteiger charge is -2.46. The Kier molecular flexibility index (Phi) is 6.53. The minimum absolute atomic E-state index is 0.0559. The zero-order valence-electron chi connectivity index (χ0n) is 21.1. The lowest BCUT2D eigenvalue weighted by atomic mass is 10.0. The van der Waals surface area contributed by atoms with Gasteiger partial charge in [0, 0.05) is 42.3 Å². The maximum atomic E-state index is 13.6. The number of hydrogen-bond acceptors (Lipinski definition) is 4. The van der Waals surface area contributed by atoms with Gasteiger partial charge in [-0.2, -0.15) is 0 Å². The zero-order chi connectivity index (χ0) is 25.4. The third-order valence-electron chi connectivity index (χ3n) is 7.63. The van der Waals surface area contributed by atoms with E-state index in [0.717, 1.165) is 30.6 Å². The SMILES string of the molecule is CCc1sc2ccccc2c1CN1CCN2C(=O)CN(Cc3ccc(-c4ccccc4)cc3)C(=O)C2C1. The van der Waals surface area contributed by atoms with Crippen LogP contribution >= 0.6 is 11.3 Å². The smallest absolute Gasteiger partial charge is 0.247 e. The van der Waals surface area contributed by atoms with Crippen molar-refractivity contribution < 1.29 is 9.59 Å². The number of benzene rings is 3. The van der Waals surface area contributed by atoms with Crippen molar-refractivity contribution in [1.29, 1.82) is 0 Å². The highest BCUT2D eigenvalue weighted by atomic mass is 32.1. The molecule has 1 aromatic heterocycles. The molecule has 1 atom stereocenters. The number of carbonyl (C=O) groups is 2. The fourth-order valence-corrected chi connectivity index (χ4v) is 6.81. The van der Waals surface area contributed by atoms with Gasteiger partial charge in [0.25, 0.3) is 0 Å². The van der Waals surface area contributed by atoms with Gasteiger partial charge >= 0.3 is 0 Å². The highest BCUT2D eigenvalue weighted by Gasteiger charge is 2.42. The molecule has 6 rings (SSSR count). The molecular formula is C31H31N3O2S. The van der Waals surface area contributed by atoms with Gasteiger partial charge in [0.15, 0.2) is 0 Å². The molecular weight excluding hydrogens is 478 g/mol. The van der Waals surface area contributed by atoms with E-state index in [1.807, 2.05) is 29.5 Å². The van der Waals surface area contributed by atoms with Crippen LogP contribution in [0.4, 0.5) is 0 Å². The van der Waals surface area contributed by atoms with Crippen LogP contribution in [0.3, 0.4) is 0 Å². The lowest BCUT2D eigenvalue weighted by Crippen LogP contribution is -2.66. The van der Waals surface area contributed by atoms with Gasteiger partial charge in [-0.3, -0.25) is 14.5 Å². The van der Waals surface area contributed by atoms with Gasteiger partial charge in [0.05, 0.1) is 0 Å². The normalized spacial score (nSPS) is 18.5. The van der Waals surface area contributed by atoms with Crippen molar-refractivity contribution >= 4 is 33.2 Å². The molecule has 5 nitrogen and oxygen atoms in total. The molecule has 0 N–H and O–H groups in total. The molecule has 37 heavy (non-hydrogen) atoms. The summed E-state index contributed by atoms with van der Waals surface area (Å²) in [6.45, 7) is 5.63. The Balaban J connectivity index is 1.17. The van der Waals surface area contributed by atoms with Crippen LogP contribution in [0.15, 0.2) is 78.9 Å². The van der Waals surface area contributed by atoms with Crippen LogP contribution < -0.4 is 0 Å². The molecule has 0 spiro atoms. The summed E-state index contributed by atoms with van der Waals surface area (Å²) in [4.78, 5) is 33.9. The molecule has 3 aromatic carbocycles. The van der Waals surface area contributed by atoms with Crippen LogP contribution in [-0.2, 0) is 29.1 Å². The average molecular weight is 510 g/mol. The molecule has 0 radical (unpaired) electrons. The van der Waals surface area contributed by atoms with Gasteiger partial charge in [0.2, 0.25) is 11.8 Å². The third-order valence-corrected chi connectivity index (χ3v) is 8.98. The summed E-state index contributed by atoms with van der Waals surface area (Å²) in [5.41, 5.74) is 4.73. The van der Waals surface area contributed by atoms with E-state index in [-0.39, 0.29) is 18.4 Å². The Bertz CT molecular complexity index is 1430. The largest absolute Gasteiger partial charge is 0.327 e. The van der Waals surface area contributed by atoms with Crippen molar-refractivity contribution in [3.8, 4) is 11.1 Å². The monoisotopic (exact) mass is 509 g/mol. The van der Waals surface area contributed by atoms with Gasteiger partial charge in [-0.05, 0) is 40.1 Å². The van der Waals surface area contributed by atoms with Gasteiger partial charge in [0.1, 0.15) is 12.6 Å². The first-order chi connectivity index (χ1) is 18.1. The molecule has 2 fully saturated rings. The van der Waals surface area contributed by atoms with Gasteiger partial charge < -0.3 is 9.80 Å². The molecule has 1 unspecified atom stereocenters. The Labute approximate surface area is 221 Å². The predicted octanol–water partition coefficient (Wildman–Crippen LogP) is 5.19. The van der Waals surface area contributed by atoms with Crippen molar-refractivity contribution in [3.63, 3.8) is 0 Å². The lowest BCUT2D eigenvalue weighted by molar-refractivity contribution is -0.160. The zero-order valence-corrected chi connectivity index (χ0v) is 21.9. The summed E-state index contributed by atoms with van der Waals surface area (Å²) in [7, 11) is 0. The number of hydrogen-bond donors (Lipinski definition) is 0. The Morgan fingerprint density at radius 2 is 1.57 bits per heavy atom. The van der Waals surface area contributed by atoms with E-state index in [1.165, 1.54) is 26.1 Å². The first-order valence-electron chi connectivity index (χ1n) is 13.0. The molecule has 3 heterocycles. The number of nitrogens with zero attached hydrogens (tertiary/aromatic N) is 3. The molecule has 4 aromatic rings. The number of piperazine rings is 2. The summed E-state index contributed by atoms with van der Waals surface area (Å²) in [6.07, 6.45) is 1.01. The molecule has 0 saturated carbocycles. The van der Waals surface area contributed by atoms with E-state index in [2.05, 4.69) is 72.5 Å². The summed E-state index contributed by atoms with van der Waals surface area (Å²) < 4.78 is 1.32. The highest BCUT2D eigenvalue weighted by Crippen LogP contribution is 2.33. The summed E-state index contributed by atoms with van der Waals surface area (Å²) in [5.74, 6) is 0.114. The standard InChI is InChI=1S/C31H31N3O2S/c1-2-28-26(25-10-6-7-11-29(25)37-28)19-32-16-17-34-27(20-32)31(36)33(21-30(34)35)18-22-12-14-24(15-13-22)23-8-4-3-5-9-23/h3-15,27H,2,16-21H2,1H3. The van der Waals surface area contributed by atoms with Gasteiger partial charge in [-0.15, -0.1) is 11.3 Å². The van der Waals surface area contributed by atoms with Crippen LogP contribution in [-0.4, -0.2) is 58.7 Å². The average Bonchev–Trinajstić information content (AvgIpc) is 3.30. The van der Waals surface area contributed by atoms with E-state index in [0.29, 0.717) is 19.6 Å². The van der Waals surface area contributed by atoms with Crippen LogP contribution in [0.25, 0.3) is 21.2 Å². The second-order valence-electron chi connectivity index (χ2n) is 9.95. The number of rotatable bonds is 6. The fraction of sp³-hybridized carbons (Fsp3) is 0.290. The third kappa shape index (κ3) is 4.67. The van der Waals surface area contributed by atoms with Crippen LogP contribution in [0, 0.1) is 0 Å². The number of thiophene rings is 1. The van der Waals surface area contributed by atoms with E-state index in [9.17, 15) is 9.59 Å². The maximum absolute atomic E-state index is 13.6. The van der Waals surface area contributed by atoms with Gasteiger partial charge in [-0.25, -0.2) is 0 Å². The van der Waals surface area contributed by atoms with Crippen LogP contribution in [0.1, 0.15) is 22.9 Å². The molecule has 2 saturated heterocycles. The fourth-order valence-electron chi connectivity index (χ4n) is 5.66. The number of fused-ring (bicyclic) bond motifs is 2. The van der Waals surface area contributed by atoms with Crippen molar-refractivity contribution in [2.45, 2.75) is 32.5 Å². The Hall–Kier alpha value is -3.48. The number of amides is 2. The predicted molar refractivity (Wildman–Crippen MR) is 149 cm³/mol. The van der Waals surface area contributed by atoms with Crippen molar-refractivity contribution in [3.05, 3.63) is 94.9 Å². The minimum Gasteiger partial charge on any atom is -0.327 e. The number of aryl methyl sites for hydroxylation is 1. The first-order valence-corrected chi connectivity index (χ1v) is 13.9. The molecule has 2 aliphatic rings. The maximum Gasteiger partial charge on any atom is 0.247 e. The second kappa shape index (κ2) is 10.1. The van der Waals surface area contributed by atoms with Crippen LogP contribution in [0.5, 0.6) is 0 Å².